The van der Waals surface area contributed by atoms with Gasteiger partial charge in [0.1, 0.15) is 5.52 Å². The van der Waals surface area contributed by atoms with Crippen LogP contribution in [0.4, 0.5) is 5.69 Å². The zero-order valence-corrected chi connectivity index (χ0v) is 14.9. The van der Waals surface area contributed by atoms with Gasteiger partial charge in [0, 0.05) is 11.3 Å². The van der Waals surface area contributed by atoms with Crippen molar-refractivity contribution in [1.29, 1.82) is 0 Å². The molecule has 27 heavy (non-hydrogen) atoms. The molecule has 0 aliphatic carbocycles. The van der Waals surface area contributed by atoms with Gasteiger partial charge >= 0.3 is 0 Å². The molecule has 0 bridgehead atoms. The van der Waals surface area contributed by atoms with Crippen LogP contribution in [-0.2, 0) is 0 Å². The van der Waals surface area contributed by atoms with Crippen LogP contribution in [0.3, 0.4) is 0 Å². The molecule has 0 saturated heterocycles. The lowest BCUT2D eigenvalue weighted by atomic mass is 10.2. The predicted octanol–water partition coefficient (Wildman–Crippen LogP) is 5.36. The third kappa shape index (κ3) is 2.96. The molecule has 5 aromatic rings. The summed E-state index contributed by atoms with van der Waals surface area (Å²) in [4.78, 5) is 21.5. The normalized spacial score (nSPS) is 11.1. The first kappa shape index (κ1) is 15.7. The molecule has 3 aromatic carbocycles. The van der Waals surface area contributed by atoms with Crippen molar-refractivity contribution in [2.75, 3.05) is 5.32 Å². The number of aromatic nitrogens is 2. The zero-order valence-electron chi connectivity index (χ0n) is 14.0. The van der Waals surface area contributed by atoms with E-state index in [9.17, 15) is 4.79 Å². The van der Waals surface area contributed by atoms with Gasteiger partial charge < -0.3 is 9.73 Å². The molecule has 2 aromatic heterocycles. The van der Waals surface area contributed by atoms with Crippen molar-refractivity contribution in [3.63, 3.8) is 0 Å². The maximum absolute atomic E-state index is 12.6. The molecule has 0 radical (unpaired) electrons. The lowest BCUT2D eigenvalue weighted by Crippen LogP contribution is -2.11. The summed E-state index contributed by atoms with van der Waals surface area (Å²) in [7, 11) is 0. The fourth-order valence-corrected chi connectivity index (χ4v) is 3.74. The van der Waals surface area contributed by atoms with Crippen LogP contribution in [0.25, 0.3) is 32.8 Å². The molecule has 5 rings (SSSR count). The number of rotatable bonds is 3. The lowest BCUT2D eigenvalue weighted by Gasteiger charge is -2.04. The van der Waals surface area contributed by atoms with E-state index in [0.717, 1.165) is 26.9 Å². The Morgan fingerprint density at radius 3 is 2.56 bits per heavy atom. The number of oxazole rings is 1. The Hall–Kier alpha value is -3.51. The van der Waals surface area contributed by atoms with Crippen molar-refractivity contribution < 1.29 is 9.21 Å². The molecule has 0 unspecified atom stereocenters. The van der Waals surface area contributed by atoms with Gasteiger partial charge in [-0.1, -0.05) is 30.3 Å². The van der Waals surface area contributed by atoms with Crippen molar-refractivity contribution in [2.45, 2.75) is 0 Å². The fourth-order valence-electron chi connectivity index (χ4n) is 2.88. The SMILES string of the molecule is O=C(Nc1cccc(-c2nc3ccccc3o2)c1)c1nc2ccccc2s1. The minimum Gasteiger partial charge on any atom is -0.436 e. The summed E-state index contributed by atoms with van der Waals surface area (Å²) in [5.74, 6) is 0.290. The molecule has 0 atom stereocenters. The van der Waals surface area contributed by atoms with Crippen LogP contribution < -0.4 is 5.32 Å². The van der Waals surface area contributed by atoms with E-state index in [2.05, 4.69) is 15.3 Å². The summed E-state index contributed by atoms with van der Waals surface area (Å²) in [5, 5.41) is 3.34. The van der Waals surface area contributed by atoms with Crippen LogP contribution in [0.2, 0.25) is 0 Å². The van der Waals surface area contributed by atoms with E-state index in [0.29, 0.717) is 16.6 Å². The van der Waals surface area contributed by atoms with Gasteiger partial charge in [-0.15, -0.1) is 11.3 Å². The van der Waals surface area contributed by atoms with Gasteiger partial charge in [-0.2, -0.15) is 0 Å². The summed E-state index contributed by atoms with van der Waals surface area (Å²) in [6.45, 7) is 0. The number of hydrogen-bond acceptors (Lipinski definition) is 5. The number of nitrogens with one attached hydrogen (secondary N) is 1. The fraction of sp³-hybridized carbons (Fsp3) is 0. The van der Waals surface area contributed by atoms with E-state index in [1.165, 1.54) is 11.3 Å². The molecule has 1 amide bonds. The molecule has 130 valence electrons. The van der Waals surface area contributed by atoms with E-state index >= 15 is 0 Å². The smallest absolute Gasteiger partial charge is 0.284 e. The number of carbonyl (C=O) groups excluding carboxylic acids is 1. The summed E-state index contributed by atoms with van der Waals surface area (Å²) >= 11 is 1.37. The molecule has 1 N–H and O–H groups in total. The summed E-state index contributed by atoms with van der Waals surface area (Å²) < 4.78 is 6.79. The van der Waals surface area contributed by atoms with Crippen molar-refractivity contribution in [2.24, 2.45) is 0 Å². The molecule has 0 saturated carbocycles. The molecule has 0 aliphatic heterocycles. The van der Waals surface area contributed by atoms with Crippen molar-refractivity contribution in [3.05, 3.63) is 77.8 Å². The highest BCUT2D eigenvalue weighted by Gasteiger charge is 2.13. The highest BCUT2D eigenvalue weighted by molar-refractivity contribution is 7.20. The molecular formula is C21H13N3O2S. The first-order valence-electron chi connectivity index (χ1n) is 8.39. The molecule has 0 spiro atoms. The van der Waals surface area contributed by atoms with Crippen molar-refractivity contribution >= 4 is 44.2 Å². The minimum absolute atomic E-state index is 0.231. The number of carbonyl (C=O) groups is 1. The monoisotopic (exact) mass is 371 g/mol. The van der Waals surface area contributed by atoms with Crippen LogP contribution in [0.5, 0.6) is 0 Å². The van der Waals surface area contributed by atoms with Crippen LogP contribution in [-0.4, -0.2) is 15.9 Å². The maximum Gasteiger partial charge on any atom is 0.284 e. The zero-order chi connectivity index (χ0) is 18.2. The van der Waals surface area contributed by atoms with Crippen LogP contribution in [0.1, 0.15) is 9.80 Å². The third-order valence-corrected chi connectivity index (χ3v) is 5.18. The quantitative estimate of drug-likeness (QED) is 0.464. The van der Waals surface area contributed by atoms with Gasteiger partial charge in [-0.25, -0.2) is 9.97 Å². The largest absolute Gasteiger partial charge is 0.436 e. The molecule has 0 fully saturated rings. The average molecular weight is 371 g/mol. The third-order valence-electron chi connectivity index (χ3n) is 4.15. The second-order valence-corrected chi connectivity index (χ2v) is 7.04. The number of thiazole rings is 1. The van der Waals surface area contributed by atoms with E-state index in [1.807, 2.05) is 72.8 Å². The number of anilines is 1. The first-order chi connectivity index (χ1) is 13.3. The Bertz CT molecular complexity index is 1220. The standard InChI is InChI=1S/C21H13N3O2S/c25-19(21-24-16-9-2-4-11-18(16)27-21)22-14-7-5-6-13(12-14)20-23-15-8-1-3-10-17(15)26-20/h1-12H,(H,22,25). The van der Waals surface area contributed by atoms with Gasteiger partial charge in [0.2, 0.25) is 5.89 Å². The lowest BCUT2D eigenvalue weighted by molar-refractivity contribution is 0.102. The number of amides is 1. The van der Waals surface area contributed by atoms with E-state index in [-0.39, 0.29) is 5.91 Å². The number of benzene rings is 3. The van der Waals surface area contributed by atoms with Crippen LogP contribution in [0.15, 0.2) is 77.2 Å². The molecule has 5 nitrogen and oxygen atoms in total. The average Bonchev–Trinajstić information content (AvgIpc) is 3.32. The minimum atomic E-state index is -0.231. The highest BCUT2D eigenvalue weighted by Crippen LogP contribution is 2.27. The maximum atomic E-state index is 12.6. The Morgan fingerprint density at radius 2 is 1.70 bits per heavy atom. The molecule has 2 heterocycles. The van der Waals surface area contributed by atoms with Gasteiger partial charge in [0.05, 0.1) is 10.2 Å². The number of fused-ring (bicyclic) bond motifs is 2. The number of nitrogens with zero attached hydrogens (tertiary/aromatic N) is 2. The number of para-hydroxylation sites is 3. The number of hydrogen-bond donors (Lipinski definition) is 1. The Kier molecular flexibility index (Phi) is 3.69. The topological polar surface area (TPSA) is 68.0 Å². The van der Waals surface area contributed by atoms with Crippen LogP contribution >= 0.6 is 11.3 Å². The van der Waals surface area contributed by atoms with Gasteiger partial charge in [-0.05, 0) is 42.5 Å². The molecular weight excluding hydrogens is 358 g/mol. The second kappa shape index (κ2) is 6.34. The first-order valence-corrected chi connectivity index (χ1v) is 9.21. The van der Waals surface area contributed by atoms with Crippen LogP contribution in [0, 0.1) is 0 Å². The Labute approximate surface area is 158 Å². The van der Waals surface area contributed by atoms with Gasteiger partial charge in [-0.3, -0.25) is 4.79 Å². The van der Waals surface area contributed by atoms with Crippen molar-refractivity contribution in [3.8, 4) is 11.5 Å². The second-order valence-electron chi connectivity index (χ2n) is 6.01. The highest BCUT2D eigenvalue weighted by atomic mass is 32.1. The molecule has 0 aliphatic rings. The Balaban J connectivity index is 1.43. The van der Waals surface area contributed by atoms with Gasteiger partial charge in [0.25, 0.3) is 5.91 Å². The van der Waals surface area contributed by atoms with E-state index in [4.69, 9.17) is 4.42 Å². The predicted molar refractivity (Wildman–Crippen MR) is 107 cm³/mol. The summed E-state index contributed by atoms with van der Waals surface area (Å²) in [5.41, 5.74) is 3.83. The summed E-state index contributed by atoms with van der Waals surface area (Å²) in [6.07, 6.45) is 0. The molecule has 6 heteroatoms. The van der Waals surface area contributed by atoms with Gasteiger partial charge in [0.15, 0.2) is 10.6 Å². The van der Waals surface area contributed by atoms with E-state index < -0.39 is 0 Å². The van der Waals surface area contributed by atoms with Crippen molar-refractivity contribution in [1.82, 2.24) is 9.97 Å². The Morgan fingerprint density at radius 1 is 0.889 bits per heavy atom. The van der Waals surface area contributed by atoms with E-state index in [1.54, 1.807) is 0 Å². The summed E-state index contributed by atoms with van der Waals surface area (Å²) in [6, 6.07) is 22.7.